The van der Waals surface area contributed by atoms with Crippen LogP contribution in [0.3, 0.4) is 0 Å². The van der Waals surface area contributed by atoms with Crippen LogP contribution in [0.15, 0.2) is 30.3 Å². The van der Waals surface area contributed by atoms with Crippen molar-refractivity contribution < 1.29 is 0 Å². The van der Waals surface area contributed by atoms with E-state index >= 15 is 0 Å². The van der Waals surface area contributed by atoms with Gasteiger partial charge in [0.1, 0.15) is 0 Å². The predicted octanol–water partition coefficient (Wildman–Crippen LogP) is 2.36. The van der Waals surface area contributed by atoms with Gasteiger partial charge >= 0.3 is 0 Å². The topological polar surface area (TPSA) is 18.5 Å². The SMILES string of the molecule is CNC(c1ccccc1)C(C)N1CCN(C)C(C)(C)C1. The Morgan fingerprint density at radius 2 is 1.80 bits per heavy atom. The van der Waals surface area contributed by atoms with Crippen molar-refractivity contribution >= 4 is 0 Å². The Bertz CT molecular complexity index is 416. The molecule has 0 spiro atoms. The molecule has 1 N–H and O–H groups in total. The van der Waals surface area contributed by atoms with Crippen molar-refractivity contribution in [2.45, 2.75) is 38.4 Å². The molecule has 20 heavy (non-hydrogen) atoms. The molecule has 0 bridgehead atoms. The minimum Gasteiger partial charge on any atom is -0.312 e. The van der Waals surface area contributed by atoms with Gasteiger partial charge in [-0.2, -0.15) is 0 Å². The first-order valence-corrected chi connectivity index (χ1v) is 7.63. The maximum atomic E-state index is 3.50. The molecule has 1 heterocycles. The highest BCUT2D eigenvalue weighted by Gasteiger charge is 2.35. The lowest BCUT2D eigenvalue weighted by molar-refractivity contribution is 0.0123. The summed E-state index contributed by atoms with van der Waals surface area (Å²) in [6.45, 7) is 10.4. The molecule has 1 fully saturated rings. The first kappa shape index (κ1) is 15.5. The third-order valence-corrected chi connectivity index (χ3v) is 4.87. The van der Waals surface area contributed by atoms with Gasteiger partial charge in [0, 0.05) is 37.3 Å². The molecule has 0 aromatic heterocycles. The normalized spacial score (nSPS) is 23.4. The zero-order valence-corrected chi connectivity index (χ0v) is 13.6. The molecule has 3 nitrogen and oxygen atoms in total. The Morgan fingerprint density at radius 3 is 2.35 bits per heavy atom. The molecule has 1 aromatic rings. The molecule has 2 rings (SSSR count). The summed E-state index contributed by atoms with van der Waals surface area (Å²) in [4.78, 5) is 5.08. The van der Waals surface area contributed by atoms with Crippen LogP contribution in [-0.2, 0) is 0 Å². The van der Waals surface area contributed by atoms with Crippen LogP contribution in [0.4, 0.5) is 0 Å². The highest BCUT2D eigenvalue weighted by atomic mass is 15.3. The molecule has 1 saturated heterocycles. The van der Waals surface area contributed by atoms with E-state index in [0.29, 0.717) is 12.1 Å². The lowest BCUT2D eigenvalue weighted by Gasteiger charge is -2.48. The van der Waals surface area contributed by atoms with Gasteiger partial charge in [-0.15, -0.1) is 0 Å². The molecule has 2 atom stereocenters. The van der Waals surface area contributed by atoms with Gasteiger partial charge in [-0.1, -0.05) is 30.3 Å². The standard InChI is InChI=1S/C17H29N3/c1-14(16(18-4)15-9-7-6-8-10-15)20-12-11-19(5)17(2,3)13-20/h6-10,14,16,18H,11-13H2,1-5H3. The van der Waals surface area contributed by atoms with E-state index in [1.807, 2.05) is 0 Å². The fourth-order valence-electron chi connectivity index (χ4n) is 3.18. The monoisotopic (exact) mass is 275 g/mol. The van der Waals surface area contributed by atoms with Gasteiger partial charge in [-0.25, -0.2) is 0 Å². The van der Waals surface area contributed by atoms with Crippen LogP contribution in [0, 0.1) is 0 Å². The van der Waals surface area contributed by atoms with E-state index in [4.69, 9.17) is 0 Å². The van der Waals surface area contributed by atoms with E-state index < -0.39 is 0 Å². The van der Waals surface area contributed by atoms with E-state index in [2.05, 4.69) is 80.3 Å². The van der Waals surface area contributed by atoms with E-state index in [9.17, 15) is 0 Å². The third kappa shape index (κ3) is 3.22. The number of piperazine rings is 1. The summed E-state index contributed by atoms with van der Waals surface area (Å²) in [6, 6.07) is 11.7. The van der Waals surface area contributed by atoms with Gasteiger partial charge in [0.15, 0.2) is 0 Å². The summed E-state index contributed by atoms with van der Waals surface area (Å²) in [6.07, 6.45) is 0. The van der Waals surface area contributed by atoms with Gasteiger partial charge in [-0.05, 0) is 40.4 Å². The maximum Gasteiger partial charge on any atom is 0.0473 e. The van der Waals surface area contributed by atoms with Crippen LogP contribution < -0.4 is 5.32 Å². The Balaban J connectivity index is 2.11. The van der Waals surface area contributed by atoms with E-state index in [-0.39, 0.29) is 5.54 Å². The third-order valence-electron chi connectivity index (χ3n) is 4.87. The van der Waals surface area contributed by atoms with Crippen LogP contribution in [0.1, 0.15) is 32.4 Å². The van der Waals surface area contributed by atoms with Crippen molar-refractivity contribution in [3.63, 3.8) is 0 Å². The van der Waals surface area contributed by atoms with Crippen LogP contribution in [0.2, 0.25) is 0 Å². The fourth-order valence-corrected chi connectivity index (χ4v) is 3.18. The van der Waals surface area contributed by atoms with Crippen molar-refractivity contribution in [2.24, 2.45) is 0 Å². The first-order chi connectivity index (χ1) is 9.45. The van der Waals surface area contributed by atoms with E-state index in [1.165, 1.54) is 5.56 Å². The summed E-state index contributed by atoms with van der Waals surface area (Å²) < 4.78 is 0. The van der Waals surface area contributed by atoms with E-state index in [1.54, 1.807) is 0 Å². The molecule has 1 aliphatic rings. The molecule has 1 aliphatic heterocycles. The molecule has 1 aromatic carbocycles. The number of nitrogens with zero attached hydrogens (tertiary/aromatic N) is 2. The largest absolute Gasteiger partial charge is 0.312 e. The Labute approximate surface area is 124 Å². The molecule has 112 valence electrons. The van der Waals surface area contributed by atoms with Gasteiger partial charge < -0.3 is 5.32 Å². The smallest absolute Gasteiger partial charge is 0.0473 e. The second-order valence-corrected chi connectivity index (χ2v) is 6.62. The van der Waals surface area contributed by atoms with Gasteiger partial charge in [-0.3, -0.25) is 9.80 Å². The van der Waals surface area contributed by atoms with E-state index in [0.717, 1.165) is 19.6 Å². The summed E-state index contributed by atoms with van der Waals surface area (Å²) in [5.41, 5.74) is 1.63. The zero-order chi connectivity index (χ0) is 14.8. The predicted molar refractivity (Wildman–Crippen MR) is 86.0 cm³/mol. The van der Waals surface area contributed by atoms with Crippen molar-refractivity contribution in [1.29, 1.82) is 0 Å². The number of hydrogen-bond donors (Lipinski definition) is 1. The van der Waals surface area contributed by atoms with Crippen LogP contribution in [-0.4, -0.2) is 55.1 Å². The van der Waals surface area contributed by atoms with Gasteiger partial charge in [0.2, 0.25) is 0 Å². The first-order valence-electron chi connectivity index (χ1n) is 7.63. The Hall–Kier alpha value is -0.900. The van der Waals surface area contributed by atoms with Crippen molar-refractivity contribution in [3.05, 3.63) is 35.9 Å². The zero-order valence-electron chi connectivity index (χ0n) is 13.6. The maximum absolute atomic E-state index is 3.50. The molecule has 0 aliphatic carbocycles. The van der Waals surface area contributed by atoms with Gasteiger partial charge in [0.05, 0.1) is 0 Å². The molecule has 3 heteroatoms. The Kier molecular flexibility index (Phi) is 4.84. The highest BCUT2D eigenvalue weighted by molar-refractivity contribution is 5.20. The Morgan fingerprint density at radius 1 is 1.15 bits per heavy atom. The lowest BCUT2D eigenvalue weighted by atomic mass is 9.94. The molecule has 2 unspecified atom stereocenters. The van der Waals surface area contributed by atoms with Crippen LogP contribution in [0.25, 0.3) is 0 Å². The van der Waals surface area contributed by atoms with Crippen LogP contribution >= 0.6 is 0 Å². The number of likely N-dealkylation sites (N-methyl/N-ethyl adjacent to an activating group) is 2. The average molecular weight is 275 g/mol. The summed E-state index contributed by atoms with van der Waals surface area (Å²) in [7, 11) is 4.30. The minimum absolute atomic E-state index is 0.251. The molecule has 0 amide bonds. The number of rotatable bonds is 4. The molecular formula is C17H29N3. The molecule has 0 saturated carbocycles. The summed E-state index contributed by atoms with van der Waals surface area (Å²) >= 11 is 0. The summed E-state index contributed by atoms with van der Waals surface area (Å²) in [5.74, 6) is 0. The molecular weight excluding hydrogens is 246 g/mol. The average Bonchev–Trinajstić information content (AvgIpc) is 2.43. The quantitative estimate of drug-likeness (QED) is 0.910. The second-order valence-electron chi connectivity index (χ2n) is 6.62. The van der Waals surface area contributed by atoms with Crippen molar-refractivity contribution in [2.75, 3.05) is 33.7 Å². The summed E-state index contributed by atoms with van der Waals surface area (Å²) in [5, 5.41) is 3.50. The number of benzene rings is 1. The van der Waals surface area contributed by atoms with Gasteiger partial charge in [0.25, 0.3) is 0 Å². The fraction of sp³-hybridized carbons (Fsp3) is 0.647. The second kappa shape index (κ2) is 6.25. The lowest BCUT2D eigenvalue weighted by Crippen LogP contribution is -2.60. The highest BCUT2D eigenvalue weighted by Crippen LogP contribution is 2.26. The van der Waals surface area contributed by atoms with Crippen molar-refractivity contribution in [1.82, 2.24) is 15.1 Å². The number of nitrogens with one attached hydrogen (secondary N) is 1. The number of hydrogen-bond acceptors (Lipinski definition) is 3. The molecule has 0 radical (unpaired) electrons. The van der Waals surface area contributed by atoms with Crippen molar-refractivity contribution in [3.8, 4) is 0 Å². The minimum atomic E-state index is 0.251. The van der Waals surface area contributed by atoms with Crippen LogP contribution in [0.5, 0.6) is 0 Å².